The fourth-order valence-corrected chi connectivity index (χ4v) is 2.30. The van der Waals surface area contributed by atoms with Crippen LogP contribution >= 0.6 is 22.6 Å². The quantitative estimate of drug-likeness (QED) is 0.424. The van der Waals surface area contributed by atoms with Gasteiger partial charge in [0.25, 0.3) is 5.91 Å². The summed E-state index contributed by atoms with van der Waals surface area (Å²) in [5.74, 6) is -0.867. The summed E-state index contributed by atoms with van der Waals surface area (Å²) in [6.07, 6.45) is 1.49. The first-order valence-electron chi connectivity index (χ1n) is 6.59. The van der Waals surface area contributed by atoms with Gasteiger partial charge in [-0.05, 0) is 64.6 Å². The SMILES string of the molecule is O=C(O)COc1ccc(/C=N\NC(=O)c2ccccc2I)cc1. The topological polar surface area (TPSA) is 88.0 Å². The zero-order valence-electron chi connectivity index (χ0n) is 11.9. The molecule has 0 aliphatic heterocycles. The minimum Gasteiger partial charge on any atom is -0.482 e. The van der Waals surface area contributed by atoms with E-state index in [1.54, 1.807) is 36.4 Å². The number of ether oxygens (including phenoxy) is 1. The fourth-order valence-electron chi connectivity index (χ4n) is 1.67. The lowest BCUT2D eigenvalue weighted by molar-refractivity contribution is -0.139. The Labute approximate surface area is 146 Å². The minimum absolute atomic E-state index is 0.285. The van der Waals surface area contributed by atoms with E-state index in [1.807, 2.05) is 12.1 Å². The molecule has 2 aromatic carbocycles. The molecular weight excluding hydrogens is 411 g/mol. The molecule has 118 valence electrons. The van der Waals surface area contributed by atoms with Gasteiger partial charge in [0.1, 0.15) is 5.75 Å². The first-order chi connectivity index (χ1) is 11.1. The van der Waals surface area contributed by atoms with Gasteiger partial charge in [-0.15, -0.1) is 0 Å². The van der Waals surface area contributed by atoms with Crippen molar-refractivity contribution in [1.29, 1.82) is 0 Å². The van der Waals surface area contributed by atoms with E-state index < -0.39 is 5.97 Å². The van der Waals surface area contributed by atoms with E-state index in [1.165, 1.54) is 6.21 Å². The van der Waals surface area contributed by atoms with Gasteiger partial charge < -0.3 is 9.84 Å². The molecule has 2 N–H and O–H groups in total. The number of carbonyl (C=O) groups excluding carboxylic acids is 1. The molecule has 23 heavy (non-hydrogen) atoms. The predicted molar refractivity (Wildman–Crippen MR) is 93.8 cm³/mol. The van der Waals surface area contributed by atoms with E-state index >= 15 is 0 Å². The van der Waals surface area contributed by atoms with Crippen LogP contribution in [0.1, 0.15) is 15.9 Å². The molecular formula is C16H13IN2O4. The number of aliphatic carboxylic acids is 1. The van der Waals surface area contributed by atoms with Crippen LogP contribution in [-0.4, -0.2) is 29.8 Å². The zero-order chi connectivity index (χ0) is 16.7. The Hall–Kier alpha value is -2.42. The number of hydrogen-bond acceptors (Lipinski definition) is 4. The van der Waals surface area contributed by atoms with Gasteiger partial charge in [0, 0.05) is 3.57 Å². The van der Waals surface area contributed by atoms with Gasteiger partial charge in [0.05, 0.1) is 11.8 Å². The van der Waals surface area contributed by atoms with Crippen molar-refractivity contribution in [2.75, 3.05) is 6.61 Å². The number of rotatable bonds is 6. The highest BCUT2D eigenvalue weighted by atomic mass is 127. The van der Waals surface area contributed by atoms with E-state index in [4.69, 9.17) is 9.84 Å². The molecule has 0 radical (unpaired) electrons. The second-order valence-corrected chi connectivity index (χ2v) is 5.59. The number of halogens is 1. The minimum atomic E-state index is -1.03. The van der Waals surface area contributed by atoms with Crippen LogP contribution in [0.2, 0.25) is 0 Å². The van der Waals surface area contributed by atoms with E-state index in [0.29, 0.717) is 11.3 Å². The second kappa shape index (κ2) is 8.28. The molecule has 0 atom stereocenters. The normalized spacial score (nSPS) is 10.5. The van der Waals surface area contributed by atoms with Crippen LogP contribution in [0, 0.1) is 3.57 Å². The summed E-state index contributed by atoms with van der Waals surface area (Å²) in [4.78, 5) is 22.4. The average molecular weight is 424 g/mol. The van der Waals surface area contributed by atoms with E-state index in [-0.39, 0.29) is 12.5 Å². The smallest absolute Gasteiger partial charge is 0.341 e. The Morgan fingerprint density at radius 1 is 1.17 bits per heavy atom. The summed E-state index contributed by atoms with van der Waals surface area (Å²) in [5, 5.41) is 12.4. The average Bonchev–Trinajstić information content (AvgIpc) is 2.54. The number of carbonyl (C=O) groups is 2. The van der Waals surface area contributed by atoms with Crippen LogP contribution in [0.25, 0.3) is 0 Å². The van der Waals surface area contributed by atoms with Crippen molar-refractivity contribution in [2.45, 2.75) is 0 Å². The zero-order valence-corrected chi connectivity index (χ0v) is 14.1. The number of nitrogens with zero attached hydrogens (tertiary/aromatic N) is 1. The lowest BCUT2D eigenvalue weighted by Gasteiger charge is -2.03. The molecule has 0 heterocycles. The number of hydrazone groups is 1. The first kappa shape index (κ1) is 16.9. The molecule has 6 nitrogen and oxygen atoms in total. The standard InChI is InChI=1S/C16H13IN2O4/c17-14-4-2-1-3-13(14)16(22)19-18-9-11-5-7-12(8-6-11)23-10-15(20)21/h1-9H,10H2,(H,19,22)(H,20,21)/b18-9-. The predicted octanol–water partition coefficient (Wildman–Crippen LogP) is 2.52. The molecule has 2 rings (SSSR count). The van der Waals surface area contributed by atoms with Crippen molar-refractivity contribution in [1.82, 2.24) is 5.43 Å². The summed E-state index contributed by atoms with van der Waals surface area (Å²) in [7, 11) is 0. The number of amides is 1. The molecule has 0 aliphatic rings. The van der Waals surface area contributed by atoms with Gasteiger partial charge in [-0.3, -0.25) is 4.79 Å². The number of benzene rings is 2. The molecule has 0 aromatic heterocycles. The lowest BCUT2D eigenvalue weighted by Crippen LogP contribution is -2.18. The summed E-state index contributed by atoms with van der Waals surface area (Å²) < 4.78 is 5.87. The van der Waals surface area contributed by atoms with Crippen LogP contribution in [0.4, 0.5) is 0 Å². The van der Waals surface area contributed by atoms with Gasteiger partial charge in [-0.2, -0.15) is 5.10 Å². The van der Waals surface area contributed by atoms with Crippen molar-refractivity contribution in [3.63, 3.8) is 0 Å². The molecule has 7 heteroatoms. The number of hydrogen-bond donors (Lipinski definition) is 2. The van der Waals surface area contributed by atoms with Gasteiger partial charge in [0.2, 0.25) is 0 Å². The van der Waals surface area contributed by atoms with Crippen molar-refractivity contribution in [3.05, 3.63) is 63.2 Å². The molecule has 0 bridgehead atoms. The molecule has 1 amide bonds. The molecule has 0 saturated heterocycles. The Balaban J connectivity index is 1.92. The first-order valence-corrected chi connectivity index (χ1v) is 7.67. The van der Waals surface area contributed by atoms with Gasteiger partial charge >= 0.3 is 5.97 Å². The largest absolute Gasteiger partial charge is 0.482 e. The number of nitrogens with one attached hydrogen (secondary N) is 1. The van der Waals surface area contributed by atoms with Crippen LogP contribution in [-0.2, 0) is 4.79 Å². The van der Waals surface area contributed by atoms with Crippen LogP contribution in [0.5, 0.6) is 5.75 Å². The van der Waals surface area contributed by atoms with Crippen molar-refractivity contribution in [3.8, 4) is 5.75 Å². The summed E-state index contributed by atoms with van der Waals surface area (Å²) in [6.45, 7) is -0.390. The van der Waals surface area contributed by atoms with E-state index in [2.05, 4.69) is 33.1 Å². The Morgan fingerprint density at radius 2 is 1.87 bits per heavy atom. The molecule has 0 unspecified atom stereocenters. The lowest BCUT2D eigenvalue weighted by atomic mass is 10.2. The summed E-state index contributed by atoms with van der Waals surface area (Å²) >= 11 is 2.09. The van der Waals surface area contributed by atoms with E-state index in [9.17, 15) is 9.59 Å². The maximum absolute atomic E-state index is 12.0. The van der Waals surface area contributed by atoms with Crippen LogP contribution in [0.3, 0.4) is 0 Å². The molecule has 2 aromatic rings. The fraction of sp³-hybridized carbons (Fsp3) is 0.0625. The third kappa shape index (κ3) is 5.37. The van der Waals surface area contributed by atoms with Crippen LogP contribution in [0.15, 0.2) is 53.6 Å². The molecule has 0 saturated carbocycles. The van der Waals surface area contributed by atoms with Crippen molar-refractivity contribution in [2.24, 2.45) is 5.10 Å². The second-order valence-electron chi connectivity index (χ2n) is 4.43. The highest BCUT2D eigenvalue weighted by molar-refractivity contribution is 14.1. The maximum Gasteiger partial charge on any atom is 0.341 e. The number of carboxylic acids is 1. The van der Waals surface area contributed by atoms with Crippen LogP contribution < -0.4 is 10.2 Å². The van der Waals surface area contributed by atoms with Crippen molar-refractivity contribution < 1.29 is 19.4 Å². The molecule has 0 spiro atoms. The van der Waals surface area contributed by atoms with E-state index in [0.717, 1.165) is 9.13 Å². The monoisotopic (exact) mass is 424 g/mol. The molecule has 0 fully saturated rings. The number of carboxylic acid groups (broad SMARTS) is 1. The van der Waals surface area contributed by atoms with Gasteiger partial charge in [-0.1, -0.05) is 12.1 Å². The van der Waals surface area contributed by atoms with Crippen molar-refractivity contribution >= 4 is 40.7 Å². The highest BCUT2D eigenvalue weighted by Gasteiger charge is 2.07. The highest BCUT2D eigenvalue weighted by Crippen LogP contribution is 2.12. The Morgan fingerprint density at radius 3 is 2.52 bits per heavy atom. The van der Waals surface area contributed by atoms with Gasteiger partial charge in [0.15, 0.2) is 6.61 Å². The van der Waals surface area contributed by atoms with Gasteiger partial charge in [-0.25, -0.2) is 10.2 Å². The third-order valence-electron chi connectivity index (χ3n) is 2.74. The third-order valence-corrected chi connectivity index (χ3v) is 3.68. The Bertz CT molecular complexity index is 729. The maximum atomic E-state index is 12.0. The summed E-state index contributed by atoms with van der Waals surface area (Å²) in [5.41, 5.74) is 3.76. The Kier molecular flexibility index (Phi) is 6.10. The molecule has 0 aliphatic carbocycles. The summed E-state index contributed by atoms with van der Waals surface area (Å²) in [6, 6.07) is 13.9.